The van der Waals surface area contributed by atoms with Crippen LogP contribution >= 0.6 is 12.2 Å². The molecule has 4 nitrogen and oxygen atoms in total. The van der Waals surface area contributed by atoms with E-state index in [4.69, 9.17) is 17.5 Å². The molecule has 1 aliphatic carbocycles. The van der Waals surface area contributed by atoms with E-state index in [2.05, 4.69) is 10.3 Å². The van der Waals surface area contributed by atoms with Crippen LogP contribution in [0.1, 0.15) is 18.4 Å². The lowest BCUT2D eigenvalue weighted by Gasteiger charge is -2.12. The lowest BCUT2D eigenvalue weighted by Crippen LogP contribution is -2.28. The number of Topliss-reactive ketones (excluding diaryl/α,β-unsaturated/α-hetero) is 1. The van der Waals surface area contributed by atoms with E-state index < -0.39 is 17.7 Å². The van der Waals surface area contributed by atoms with Gasteiger partial charge in [0.05, 0.1) is 11.6 Å². The number of halogens is 3. The number of hydrogen-bond acceptors (Lipinski definition) is 4. The van der Waals surface area contributed by atoms with Crippen molar-refractivity contribution in [3.63, 3.8) is 0 Å². The highest BCUT2D eigenvalue weighted by atomic mass is 32.1. The molecule has 1 heterocycles. The van der Waals surface area contributed by atoms with Crippen molar-refractivity contribution in [1.29, 1.82) is 5.26 Å². The number of anilines is 1. The first-order valence-electron chi connectivity index (χ1n) is 6.10. The van der Waals surface area contributed by atoms with Crippen LogP contribution in [-0.2, 0) is 11.0 Å². The number of pyridine rings is 1. The van der Waals surface area contributed by atoms with Crippen LogP contribution in [0.3, 0.4) is 0 Å². The Hall–Kier alpha value is -2.01. The molecule has 1 fully saturated rings. The molecule has 0 amide bonds. The maximum atomic E-state index is 12.4. The number of nitrogens with one attached hydrogen (secondary N) is 1. The number of carbonyl (C=O) groups is 1. The third-order valence-corrected chi connectivity index (χ3v) is 3.34. The minimum Gasteiger partial charge on any atom is -0.333 e. The highest BCUT2D eigenvalue weighted by Gasteiger charge is 2.37. The number of thiocarbonyl (C=S) groups is 1. The van der Waals surface area contributed by atoms with Crippen LogP contribution in [-0.4, -0.2) is 15.8 Å². The van der Waals surface area contributed by atoms with Gasteiger partial charge in [-0.2, -0.15) is 18.4 Å². The van der Waals surface area contributed by atoms with Crippen molar-refractivity contribution < 1.29 is 18.0 Å². The Bertz CT molecular complexity index is 603. The van der Waals surface area contributed by atoms with E-state index in [1.54, 1.807) is 0 Å². The molecule has 1 aromatic heterocycles. The van der Waals surface area contributed by atoms with Crippen molar-refractivity contribution in [1.82, 2.24) is 4.98 Å². The van der Waals surface area contributed by atoms with Crippen LogP contribution in [0, 0.1) is 23.2 Å². The number of ketones is 1. The van der Waals surface area contributed by atoms with Gasteiger partial charge in [-0.1, -0.05) is 12.2 Å². The first-order valence-corrected chi connectivity index (χ1v) is 6.51. The second kappa shape index (κ2) is 5.77. The first-order chi connectivity index (χ1) is 9.82. The van der Waals surface area contributed by atoms with Gasteiger partial charge in [-0.05, 0) is 25.0 Å². The predicted molar refractivity (Wildman–Crippen MR) is 72.3 cm³/mol. The Labute approximate surface area is 124 Å². The van der Waals surface area contributed by atoms with E-state index in [0.717, 1.165) is 25.0 Å². The molecule has 0 radical (unpaired) electrons. The van der Waals surface area contributed by atoms with Crippen LogP contribution in [0.2, 0.25) is 0 Å². The maximum Gasteiger partial charge on any atom is 0.417 e. The van der Waals surface area contributed by atoms with E-state index in [-0.39, 0.29) is 22.5 Å². The number of rotatable bonds is 4. The summed E-state index contributed by atoms with van der Waals surface area (Å²) in [4.78, 5) is 15.4. The summed E-state index contributed by atoms with van der Waals surface area (Å²) in [5, 5.41) is 11.5. The van der Waals surface area contributed by atoms with Crippen LogP contribution in [0.15, 0.2) is 18.3 Å². The molecule has 0 aromatic carbocycles. The molecule has 1 N–H and O–H groups in total. The van der Waals surface area contributed by atoms with Gasteiger partial charge in [0.1, 0.15) is 10.8 Å². The van der Waals surface area contributed by atoms with Crippen LogP contribution in [0.5, 0.6) is 0 Å². The zero-order chi connectivity index (χ0) is 15.6. The zero-order valence-corrected chi connectivity index (χ0v) is 11.5. The summed E-state index contributed by atoms with van der Waals surface area (Å²) in [5.41, 5.74) is -0.884. The van der Waals surface area contributed by atoms with Crippen molar-refractivity contribution >= 4 is 28.8 Å². The van der Waals surface area contributed by atoms with Crippen molar-refractivity contribution in [2.24, 2.45) is 11.8 Å². The third-order valence-electron chi connectivity index (χ3n) is 3.00. The van der Waals surface area contributed by atoms with Gasteiger partial charge in [0.15, 0.2) is 11.7 Å². The zero-order valence-electron chi connectivity index (χ0n) is 10.6. The highest BCUT2D eigenvalue weighted by molar-refractivity contribution is 7.80. The highest BCUT2D eigenvalue weighted by Crippen LogP contribution is 2.33. The Balaban J connectivity index is 2.05. The molecule has 8 heteroatoms. The summed E-state index contributed by atoms with van der Waals surface area (Å²) in [6.45, 7) is 0. The standard InChI is InChI=1S/C13H10F3N3OS/c14-13(15,16)8-3-4-10(18-6-8)19-12(21)9(5-17)11(20)7-1-2-7/h3-4,6-7,9H,1-2H2,(H,18,19,21). The Kier molecular flexibility index (Phi) is 4.23. The molecule has 2 rings (SSSR count). The topological polar surface area (TPSA) is 65.8 Å². The molecule has 1 aromatic rings. The number of nitrogens with zero attached hydrogens (tertiary/aromatic N) is 2. The number of carbonyl (C=O) groups excluding carboxylic acids is 1. The molecule has 0 aliphatic heterocycles. The van der Waals surface area contributed by atoms with Crippen molar-refractivity contribution in [2.45, 2.75) is 19.0 Å². The minimum atomic E-state index is -4.47. The van der Waals surface area contributed by atoms with Gasteiger partial charge in [-0.3, -0.25) is 4.79 Å². The van der Waals surface area contributed by atoms with E-state index >= 15 is 0 Å². The quantitative estimate of drug-likeness (QED) is 0.866. The predicted octanol–water partition coefficient (Wildman–Crippen LogP) is 2.96. The van der Waals surface area contributed by atoms with Crippen LogP contribution in [0.4, 0.5) is 19.0 Å². The summed E-state index contributed by atoms with van der Waals surface area (Å²) < 4.78 is 37.2. The molecule has 1 atom stereocenters. The van der Waals surface area contributed by atoms with E-state index in [0.29, 0.717) is 6.20 Å². The maximum absolute atomic E-state index is 12.4. The normalized spacial score (nSPS) is 15.9. The summed E-state index contributed by atoms with van der Waals surface area (Å²) in [6.07, 6.45) is -2.31. The van der Waals surface area contributed by atoms with Gasteiger partial charge in [-0.15, -0.1) is 0 Å². The molecule has 0 saturated heterocycles. The fourth-order valence-electron chi connectivity index (χ4n) is 1.69. The molecule has 0 spiro atoms. The molecule has 1 unspecified atom stereocenters. The molecule has 21 heavy (non-hydrogen) atoms. The first kappa shape index (κ1) is 15.4. The lowest BCUT2D eigenvalue weighted by molar-refractivity contribution is -0.137. The van der Waals surface area contributed by atoms with E-state index in [9.17, 15) is 18.0 Å². The lowest BCUT2D eigenvalue weighted by atomic mass is 10.0. The molecular weight excluding hydrogens is 303 g/mol. The average Bonchev–Trinajstić information content (AvgIpc) is 3.23. The van der Waals surface area contributed by atoms with Crippen LogP contribution < -0.4 is 5.32 Å². The van der Waals surface area contributed by atoms with Crippen molar-refractivity contribution in [3.05, 3.63) is 23.9 Å². The summed E-state index contributed by atoms with van der Waals surface area (Å²) in [6, 6.07) is 3.77. The number of alkyl halides is 3. The second-order valence-electron chi connectivity index (χ2n) is 4.66. The Morgan fingerprint density at radius 2 is 2.14 bits per heavy atom. The van der Waals surface area contributed by atoms with Gasteiger partial charge < -0.3 is 5.32 Å². The fraction of sp³-hybridized carbons (Fsp3) is 0.385. The average molecular weight is 313 g/mol. The van der Waals surface area contributed by atoms with Gasteiger partial charge in [0, 0.05) is 12.1 Å². The largest absolute Gasteiger partial charge is 0.417 e. The fourth-order valence-corrected chi connectivity index (χ4v) is 1.96. The minimum absolute atomic E-state index is 0.0401. The number of nitriles is 1. The Morgan fingerprint density at radius 3 is 2.57 bits per heavy atom. The van der Waals surface area contributed by atoms with Crippen LogP contribution in [0.25, 0.3) is 0 Å². The van der Waals surface area contributed by atoms with Gasteiger partial charge in [0.25, 0.3) is 0 Å². The van der Waals surface area contributed by atoms with Gasteiger partial charge >= 0.3 is 6.18 Å². The summed E-state index contributed by atoms with van der Waals surface area (Å²) >= 11 is 4.97. The third kappa shape index (κ3) is 3.76. The molecule has 1 saturated carbocycles. The van der Waals surface area contributed by atoms with E-state index in [1.165, 1.54) is 0 Å². The SMILES string of the molecule is N#CC(C(=O)C1CC1)C(=S)Nc1ccc(C(F)(F)F)cn1. The monoisotopic (exact) mass is 313 g/mol. The van der Waals surface area contributed by atoms with Crippen molar-refractivity contribution in [3.8, 4) is 6.07 Å². The van der Waals surface area contributed by atoms with Gasteiger partial charge in [-0.25, -0.2) is 4.98 Å². The van der Waals surface area contributed by atoms with Gasteiger partial charge in [0.2, 0.25) is 0 Å². The molecule has 110 valence electrons. The number of hydrogen-bond donors (Lipinski definition) is 1. The smallest absolute Gasteiger partial charge is 0.333 e. The number of aromatic nitrogens is 1. The second-order valence-corrected chi connectivity index (χ2v) is 5.10. The summed E-state index contributed by atoms with van der Waals surface area (Å²) in [7, 11) is 0. The van der Waals surface area contributed by atoms with Crippen molar-refractivity contribution in [2.75, 3.05) is 5.32 Å². The summed E-state index contributed by atoms with van der Waals surface area (Å²) in [5.74, 6) is -1.40. The Morgan fingerprint density at radius 1 is 1.48 bits per heavy atom. The molecule has 0 bridgehead atoms. The molecular formula is C13H10F3N3OS. The molecule has 1 aliphatic rings. The van der Waals surface area contributed by atoms with E-state index in [1.807, 2.05) is 6.07 Å².